The molecule has 0 fully saturated rings. The summed E-state index contributed by atoms with van der Waals surface area (Å²) >= 11 is 0. The van der Waals surface area contributed by atoms with Crippen molar-refractivity contribution in [2.24, 2.45) is 0 Å². The molecule has 1 aliphatic heterocycles. The Balaban J connectivity index is 2.48. The van der Waals surface area contributed by atoms with E-state index in [1.165, 1.54) is 0 Å². The van der Waals surface area contributed by atoms with E-state index in [9.17, 15) is 9.59 Å². The van der Waals surface area contributed by atoms with Gasteiger partial charge in [0.2, 0.25) is 0 Å². The topological polar surface area (TPSA) is 85.9 Å². The molecular formula is C21H30N2O5. The summed E-state index contributed by atoms with van der Waals surface area (Å²) < 4.78 is 16.6. The Hall–Kier alpha value is -2.70. The SMILES string of the molecule is CCCOc1ccc(C2NC(=O)NC(CCC)=C2C(=O)OC(C)C)cc1OC. The Morgan fingerprint density at radius 2 is 1.93 bits per heavy atom. The summed E-state index contributed by atoms with van der Waals surface area (Å²) in [6.07, 6.45) is 1.97. The fraction of sp³-hybridized carbons (Fsp3) is 0.524. The number of benzene rings is 1. The number of ether oxygens (including phenoxy) is 3. The zero-order valence-electron chi connectivity index (χ0n) is 17.3. The van der Waals surface area contributed by atoms with Gasteiger partial charge >= 0.3 is 12.0 Å². The highest BCUT2D eigenvalue weighted by Crippen LogP contribution is 2.35. The Morgan fingerprint density at radius 3 is 2.54 bits per heavy atom. The third-order valence-corrected chi connectivity index (χ3v) is 4.20. The standard InChI is InChI=1S/C21H30N2O5/c1-6-8-15-18(20(24)28-13(3)4)19(23-21(25)22-15)14-9-10-16(27-11-7-2)17(12-14)26-5/h9-10,12-13,19H,6-8,11H2,1-5H3,(H2,22,23,25). The van der Waals surface area contributed by atoms with E-state index in [2.05, 4.69) is 10.6 Å². The molecule has 1 atom stereocenters. The zero-order valence-corrected chi connectivity index (χ0v) is 17.3. The van der Waals surface area contributed by atoms with Crippen molar-refractivity contribution in [3.63, 3.8) is 0 Å². The molecule has 28 heavy (non-hydrogen) atoms. The highest BCUT2D eigenvalue weighted by molar-refractivity contribution is 5.95. The molecule has 7 heteroatoms. The molecule has 0 radical (unpaired) electrons. The van der Waals surface area contributed by atoms with Crippen LogP contribution in [0, 0.1) is 0 Å². The second kappa shape index (κ2) is 10.0. The van der Waals surface area contributed by atoms with Gasteiger partial charge in [-0.05, 0) is 44.4 Å². The minimum atomic E-state index is -0.629. The molecule has 1 heterocycles. The van der Waals surface area contributed by atoms with E-state index in [1.807, 2.05) is 19.9 Å². The predicted octanol–water partition coefficient (Wildman–Crippen LogP) is 3.84. The number of allylic oxidation sites excluding steroid dienone is 1. The molecule has 2 rings (SSSR count). The average Bonchev–Trinajstić information content (AvgIpc) is 2.65. The molecule has 7 nitrogen and oxygen atoms in total. The molecule has 0 saturated carbocycles. The predicted molar refractivity (Wildman–Crippen MR) is 106 cm³/mol. The van der Waals surface area contributed by atoms with E-state index < -0.39 is 12.0 Å². The van der Waals surface area contributed by atoms with Crippen LogP contribution < -0.4 is 20.1 Å². The van der Waals surface area contributed by atoms with Crippen LogP contribution >= 0.6 is 0 Å². The lowest BCUT2D eigenvalue weighted by atomic mass is 9.93. The number of hydrogen-bond acceptors (Lipinski definition) is 5. The number of amides is 2. The highest BCUT2D eigenvalue weighted by Gasteiger charge is 2.34. The lowest BCUT2D eigenvalue weighted by Crippen LogP contribution is -2.46. The van der Waals surface area contributed by atoms with E-state index in [0.29, 0.717) is 35.8 Å². The van der Waals surface area contributed by atoms with Gasteiger partial charge in [-0.15, -0.1) is 0 Å². The quantitative estimate of drug-likeness (QED) is 0.626. The smallest absolute Gasteiger partial charge is 0.338 e. The number of methoxy groups -OCH3 is 1. The third kappa shape index (κ3) is 5.18. The van der Waals surface area contributed by atoms with Gasteiger partial charge in [-0.2, -0.15) is 0 Å². The summed E-state index contributed by atoms with van der Waals surface area (Å²) in [6.45, 7) is 8.18. The van der Waals surface area contributed by atoms with E-state index >= 15 is 0 Å². The maximum Gasteiger partial charge on any atom is 0.338 e. The van der Waals surface area contributed by atoms with Gasteiger partial charge in [0.25, 0.3) is 0 Å². The van der Waals surface area contributed by atoms with Crippen molar-refractivity contribution in [3.8, 4) is 11.5 Å². The number of esters is 1. The Morgan fingerprint density at radius 1 is 1.18 bits per heavy atom. The number of carbonyl (C=O) groups is 2. The van der Waals surface area contributed by atoms with Crippen LogP contribution in [0.15, 0.2) is 29.5 Å². The lowest BCUT2D eigenvalue weighted by molar-refractivity contribution is -0.143. The van der Waals surface area contributed by atoms with E-state index in [1.54, 1.807) is 33.1 Å². The second-order valence-corrected chi connectivity index (χ2v) is 6.89. The summed E-state index contributed by atoms with van der Waals surface area (Å²) in [5, 5.41) is 5.60. The molecule has 1 aromatic carbocycles. The summed E-state index contributed by atoms with van der Waals surface area (Å²) in [5.41, 5.74) is 1.73. The van der Waals surface area contributed by atoms with Crippen LogP contribution in [-0.2, 0) is 9.53 Å². The van der Waals surface area contributed by atoms with Crippen molar-refractivity contribution >= 4 is 12.0 Å². The van der Waals surface area contributed by atoms with Crippen LogP contribution in [0.4, 0.5) is 4.79 Å². The van der Waals surface area contributed by atoms with Gasteiger partial charge in [0.05, 0.1) is 31.4 Å². The molecular weight excluding hydrogens is 360 g/mol. The van der Waals surface area contributed by atoms with Crippen LogP contribution in [0.5, 0.6) is 11.5 Å². The lowest BCUT2D eigenvalue weighted by Gasteiger charge is -2.30. The number of carbonyl (C=O) groups excluding carboxylic acids is 2. The minimum absolute atomic E-state index is 0.263. The van der Waals surface area contributed by atoms with Crippen molar-refractivity contribution in [1.82, 2.24) is 10.6 Å². The summed E-state index contributed by atoms with van der Waals surface area (Å²) in [5.74, 6) is 0.728. The molecule has 0 aliphatic carbocycles. The zero-order chi connectivity index (χ0) is 20.7. The van der Waals surface area contributed by atoms with Crippen LogP contribution in [0.3, 0.4) is 0 Å². The fourth-order valence-corrected chi connectivity index (χ4v) is 3.03. The van der Waals surface area contributed by atoms with Gasteiger partial charge in [0, 0.05) is 5.70 Å². The Kier molecular flexibility index (Phi) is 7.72. The van der Waals surface area contributed by atoms with Crippen molar-refractivity contribution in [3.05, 3.63) is 35.0 Å². The molecule has 0 aromatic heterocycles. The minimum Gasteiger partial charge on any atom is -0.493 e. The summed E-state index contributed by atoms with van der Waals surface area (Å²) in [6, 6.07) is 4.43. The first-order chi connectivity index (χ1) is 13.4. The van der Waals surface area contributed by atoms with Gasteiger partial charge in [-0.25, -0.2) is 9.59 Å². The molecule has 2 N–H and O–H groups in total. The van der Waals surface area contributed by atoms with Crippen molar-refractivity contribution in [1.29, 1.82) is 0 Å². The van der Waals surface area contributed by atoms with E-state index in [4.69, 9.17) is 14.2 Å². The van der Waals surface area contributed by atoms with Crippen LogP contribution in [0.1, 0.15) is 58.6 Å². The maximum atomic E-state index is 12.8. The first-order valence-electron chi connectivity index (χ1n) is 9.73. The number of urea groups is 1. The largest absolute Gasteiger partial charge is 0.493 e. The van der Waals surface area contributed by atoms with Gasteiger partial charge in [-0.3, -0.25) is 0 Å². The van der Waals surface area contributed by atoms with Crippen molar-refractivity contribution in [2.45, 2.75) is 59.1 Å². The maximum absolute atomic E-state index is 12.8. The normalized spacial score (nSPS) is 16.5. The molecule has 1 aromatic rings. The molecule has 2 amide bonds. The molecule has 1 unspecified atom stereocenters. The number of hydrogen-bond donors (Lipinski definition) is 2. The fourth-order valence-electron chi connectivity index (χ4n) is 3.03. The Labute approximate surface area is 166 Å². The first kappa shape index (κ1) is 21.6. The van der Waals surface area contributed by atoms with Gasteiger partial charge in [0.1, 0.15) is 0 Å². The average molecular weight is 390 g/mol. The molecule has 1 aliphatic rings. The van der Waals surface area contributed by atoms with E-state index in [0.717, 1.165) is 18.4 Å². The van der Waals surface area contributed by atoms with Crippen molar-refractivity contribution in [2.75, 3.05) is 13.7 Å². The van der Waals surface area contributed by atoms with Gasteiger partial charge in [0.15, 0.2) is 11.5 Å². The van der Waals surface area contributed by atoms with Crippen molar-refractivity contribution < 1.29 is 23.8 Å². The summed E-state index contributed by atoms with van der Waals surface area (Å²) in [7, 11) is 1.56. The molecule has 0 spiro atoms. The number of rotatable bonds is 9. The highest BCUT2D eigenvalue weighted by atomic mass is 16.5. The monoisotopic (exact) mass is 390 g/mol. The molecule has 0 bridgehead atoms. The van der Waals surface area contributed by atoms with Gasteiger partial charge in [-0.1, -0.05) is 26.3 Å². The Bertz CT molecular complexity index is 742. The number of nitrogens with one attached hydrogen (secondary N) is 2. The van der Waals surface area contributed by atoms with Gasteiger partial charge < -0.3 is 24.8 Å². The first-order valence-corrected chi connectivity index (χ1v) is 9.73. The van der Waals surface area contributed by atoms with E-state index in [-0.39, 0.29) is 12.1 Å². The van der Waals surface area contributed by atoms with Crippen LogP contribution in [-0.4, -0.2) is 31.8 Å². The van der Waals surface area contributed by atoms with Crippen LogP contribution in [0.2, 0.25) is 0 Å². The van der Waals surface area contributed by atoms with Crippen LogP contribution in [0.25, 0.3) is 0 Å². The summed E-state index contributed by atoms with van der Waals surface area (Å²) in [4.78, 5) is 25.0. The second-order valence-electron chi connectivity index (χ2n) is 6.89. The molecule has 154 valence electrons. The third-order valence-electron chi connectivity index (χ3n) is 4.20. The molecule has 0 saturated heterocycles.